The summed E-state index contributed by atoms with van der Waals surface area (Å²) in [4.78, 5) is 14.4. The number of anilines is 2. The predicted octanol–water partition coefficient (Wildman–Crippen LogP) is 1.45. The first-order valence-electron chi connectivity index (χ1n) is 7.10. The SMILES string of the molecule is CC1(C)COc2cc(N3CCNCC3)ccc2NC1=O. The van der Waals surface area contributed by atoms with Crippen molar-refractivity contribution in [1.82, 2.24) is 5.32 Å². The first-order chi connectivity index (χ1) is 9.56. The topological polar surface area (TPSA) is 53.6 Å². The Kier molecular flexibility index (Phi) is 3.30. The number of amides is 1. The van der Waals surface area contributed by atoms with Crippen LogP contribution < -0.4 is 20.3 Å². The van der Waals surface area contributed by atoms with Crippen molar-refractivity contribution in [2.75, 3.05) is 43.0 Å². The first kappa shape index (κ1) is 13.2. The largest absolute Gasteiger partial charge is 0.490 e. The summed E-state index contributed by atoms with van der Waals surface area (Å²) in [6.45, 7) is 8.18. The average Bonchev–Trinajstić information content (AvgIpc) is 2.57. The molecule has 5 heteroatoms. The summed E-state index contributed by atoms with van der Waals surface area (Å²) in [7, 11) is 0. The molecule has 2 N–H and O–H groups in total. The minimum atomic E-state index is -0.506. The summed E-state index contributed by atoms with van der Waals surface area (Å²) in [5.74, 6) is 0.770. The second kappa shape index (κ2) is 4.98. The number of carbonyl (C=O) groups excluding carboxylic acids is 1. The molecule has 1 aromatic rings. The molecule has 0 saturated carbocycles. The zero-order valence-electron chi connectivity index (χ0n) is 12.0. The fourth-order valence-electron chi connectivity index (χ4n) is 2.47. The van der Waals surface area contributed by atoms with Crippen LogP contribution in [0.4, 0.5) is 11.4 Å². The summed E-state index contributed by atoms with van der Waals surface area (Å²) in [6, 6.07) is 6.01. The zero-order chi connectivity index (χ0) is 14.2. The summed E-state index contributed by atoms with van der Waals surface area (Å²) in [5, 5.41) is 6.29. The molecular weight excluding hydrogens is 254 g/mol. The van der Waals surface area contributed by atoms with E-state index in [9.17, 15) is 4.79 Å². The molecule has 1 amide bonds. The van der Waals surface area contributed by atoms with Crippen molar-refractivity contribution in [2.45, 2.75) is 13.8 Å². The van der Waals surface area contributed by atoms with Crippen LogP contribution in [0, 0.1) is 5.41 Å². The Bertz CT molecular complexity index is 522. The molecule has 0 aliphatic carbocycles. The Labute approximate surface area is 119 Å². The second-order valence-corrected chi connectivity index (χ2v) is 6.04. The predicted molar refractivity (Wildman–Crippen MR) is 79.4 cm³/mol. The monoisotopic (exact) mass is 275 g/mol. The van der Waals surface area contributed by atoms with Gasteiger partial charge >= 0.3 is 0 Å². The van der Waals surface area contributed by atoms with Gasteiger partial charge in [0.1, 0.15) is 12.4 Å². The molecule has 2 heterocycles. The van der Waals surface area contributed by atoms with E-state index in [2.05, 4.69) is 15.5 Å². The van der Waals surface area contributed by atoms with Gasteiger partial charge in [-0.05, 0) is 26.0 Å². The van der Waals surface area contributed by atoms with Gasteiger partial charge in [0.25, 0.3) is 0 Å². The molecule has 0 radical (unpaired) electrons. The molecule has 1 fully saturated rings. The highest BCUT2D eigenvalue weighted by molar-refractivity contribution is 5.97. The average molecular weight is 275 g/mol. The molecule has 3 rings (SSSR count). The normalized spacial score (nSPS) is 21.5. The standard InChI is InChI=1S/C15H21N3O2/c1-15(2)10-20-13-9-11(18-7-5-16-6-8-18)3-4-12(13)17-14(15)19/h3-4,9,16H,5-8,10H2,1-2H3,(H,17,19). The number of nitrogens with zero attached hydrogens (tertiary/aromatic N) is 1. The van der Waals surface area contributed by atoms with Crippen LogP contribution in [-0.2, 0) is 4.79 Å². The van der Waals surface area contributed by atoms with Gasteiger partial charge in [-0.25, -0.2) is 0 Å². The number of piperazine rings is 1. The lowest BCUT2D eigenvalue weighted by atomic mass is 9.94. The lowest BCUT2D eigenvalue weighted by Crippen LogP contribution is -2.43. The summed E-state index contributed by atoms with van der Waals surface area (Å²) >= 11 is 0. The molecule has 2 aliphatic heterocycles. The van der Waals surface area contributed by atoms with E-state index in [1.807, 2.05) is 32.0 Å². The van der Waals surface area contributed by atoms with Gasteiger partial charge in [-0.15, -0.1) is 0 Å². The molecule has 0 unspecified atom stereocenters. The second-order valence-electron chi connectivity index (χ2n) is 6.04. The molecule has 0 atom stereocenters. The van der Waals surface area contributed by atoms with E-state index in [1.54, 1.807) is 0 Å². The van der Waals surface area contributed by atoms with Crippen LogP contribution in [0.15, 0.2) is 18.2 Å². The lowest BCUT2D eigenvalue weighted by Gasteiger charge is -2.29. The third kappa shape index (κ3) is 2.45. The van der Waals surface area contributed by atoms with Gasteiger partial charge in [-0.3, -0.25) is 4.79 Å². The Morgan fingerprint density at radius 3 is 2.75 bits per heavy atom. The van der Waals surface area contributed by atoms with Gasteiger partial charge in [0.05, 0.1) is 11.1 Å². The van der Waals surface area contributed by atoms with Gasteiger partial charge in [-0.2, -0.15) is 0 Å². The Hall–Kier alpha value is -1.75. The molecule has 108 valence electrons. The van der Waals surface area contributed by atoms with E-state index in [0.29, 0.717) is 6.61 Å². The number of benzene rings is 1. The van der Waals surface area contributed by atoms with E-state index < -0.39 is 5.41 Å². The van der Waals surface area contributed by atoms with E-state index in [0.717, 1.165) is 43.3 Å². The Morgan fingerprint density at radius 1 is 1.25 bits per heavy atom. The molecule has 5 nitrogen and oxygen atoms in total. The van der Waals surface area contributed by atoms with Crippen molar-refractivity contribution in [3.8, 4) is 5.75 Å². The van der Waals surface area contributed by atoms with Crippen molar-refractivity contribution in [1.29, 1.82) is 0 Å². The molecule has 0 aromatic heterocycles. The Balaban J connectivity index is 1.86. The summed E-state index contributed by atoms with van der Waals surface area (Å²) < 4.78 is 5.84. The van der Waals surface area contributed by atoms with Crippen LogP contribution in [0.1, 0.15) is 13.8 Å². The van der Waals surface area contributed by atoms with Gasteiger partial charge in [0, 0.05) is 37.9 Å². The fourth-order valence-corrected chi connectivity index (χ4v) is 2.47. The van der Waals surface area contributed by atoms with Gasteiger partial charge in [0.15, 0.2) is 0 Å². The van der Waals surface area contributed by atoms with Crippen LogP contribution in [0.5, 0.6) is 5.75 Å². The molecule has 0 spiro atoms. The number of nitrogens with one attached hydrogen (secondary N) is 2. The van der Waals surface area contributed by atoms with Crippen molar-refractivity contribution in [3.05, 3.63) is 18.2 Å². The molecular formula is C15H21N3O2. The van der Waals surface area contributed by atoms with E-state index in [1.165, 1.54) is 0 Å². The highest BCUT2D eigenvalue weighted by atomic mass is 16.5. The summed E-state index contributed by atoms with van der Waals surface area (Å²) in [6.07, 6.45) is 0. The van der Waals surface area contributed by atoms with E-state index >= 15 is 0 Å². The minimum Gasteiger partial charge on any atom is -0.490 e. The maximum absolute atomic E-state index is 12.1. The fraction of sp³-hybridized carbons (Fsp3) is 0.533. The number of ether oxygens (including phenoxy) is 1. The maximum atomic E-state index is 12.1. The number of hydrogen-bond acceptors (Lipinski definition) is 4. The van der Waals surface area contributed by atoms with Crippen LogP contribution in [0.25, 0.3) is 0 Å². The molecule has 1 aromatic carbocycles. The van der Waals surface area contributed by atoms with Crippen molar-refractivity contribution < 1.29 is 9.53 Å². The molecule has 20 heavy (non-hydrogen) atoms. The minimum absolute atomic E-state index is 0.00572. The summed E-state index contributed by atoms with van der Waals surface area (Å²) in [5.41, 5.74) is 1.41. The Morgan fingerprint density at radius 2 is 2.00 bits per heavy atom. The van der Waals surface area contributed by atoms with E-state index in [-0.39, 0.29) is 5.91 Å². The highest BCUT2D eigenvalue weighted by Gasteiger charge is 2.32. The van der Waals surface area contributed by atoms with Crippen LogP contribution in [0.3, 0.4) is 0 Å². The van der Waals surface area contributed by atoms with Gasteiger partial charge in [-0.1, -0.05) is 0 Å². The van der Waals surface area contributed by atoms with Crippen molar-refractivity contribution >= 4 is 17.3 Å². The molecule has 2 aliphatic rings. The lowest BCUT2D eigenvalue weighted by molar-refractivity contribution is -0.124. The van der Waals surface area contributed by atoms with Crippen LogP contribution >= 0.6 is 0 Å². The van der Waals surface area contributed by atoms with E-state index in [4.69, 9.17) is 4.74 Å². The van der Waals surface area contributed by atoms with Crippen molar-refractivity contribution in [2.24, 2.45) is 5.41 Å². The number of hydrogen-bond donors (Lipinski definition) is 2. The van der Waals surface area contributed by atoms with Crippen LogP contribution in [0.2, 0.25) is 0 Å². The third-order valence-corrected chi connectivity index (χ3v) is 3.90. The maximum Gasteiger partial charge on any atom is 0.233 e. The quantitative estimate of drug-likeness (QED) is 0.814. The zero-order valence-corrected chi connectivity index (χ0v) is 12.0. The molecule has 1 saturated heterocycles. The smallest absolute Gasteiger partial charge is 0.233 e. The number of rotatable bonds is 1. The van der Waals surface area contributed by atoms with Crippen molar-refractivity contribution in [3.63, 3.8) is 0 Å². The molecule has 0 bridgehead atoms. The van der Waals surface area contributed by atoms with Gasteiger partial charge < -0.3 is 20.3 Å². The third-order valence-electron chi connectivity index (χ3n) is 3.90. The van der Waals surface area contributed by atoms with Gasteiger partial charge in [0.2, 0.25) is 5.91 Å². The van der Waals surface area contributed by atoms with Crippen LogP contribution in [-0.4, -0.2) is 38.7 Å². The first-order valence-corrected chi connectivity index (χ1v) is 7.10. The number of fused-ring (bicyclic) bond motifs is 1. The number of carbonyl (C=O) groups is 1. The highest BCUT2D eigenvalue weighted by Crippen LogP contribution is 2.35.